The summed E-state index contributed by atoms with van der Waals surface area (Å²) in [4.78, 5) is 7.97. The molecule has 0 saturated carbocycles. The fourth-order valence-corrected chi connectivity index (χ4v) is 2.64. The van der Waals surface area contributed by atoms with E-state index in [4.69, 9.17) is 0 Å². The molecule has 0 amide bonds. The van der Waals surface area contributed by atoms with Crippen LogP contribution < -0.4 is 20.4 Å². The zero-order valence-electron chi connectivity index (χ0n) is 15.7. The van der Waals surface area contributed by atoms with Crippen molar-refractivity contribution in [2.24, 2.45) is 9.98 Å². The molecule has 0 bridgehead atoms. The predicted octanol–water partition coefficient (Wildman–Crippen LogP) is 1.38. The van der Waals surface area contributed by atoms with Crippen LogP contribution in [0.15, 0.2) is 55.3 Å². The van der Waals surface area contributed by atoms with E-state index < -0.39 is 0 Å². The molecule has 0 aliphatic rings. The van der Waals surface area contributed by atoms with Gasteiger partial charge in [-0.25, -0.2) is 0 Å². The Balaban J connectivity index is 0. The second kappa shape index (κ2) is 19.0. The van der Waals surface area contributed by atoms with Crippen molar-refractivity contribution in [2.75, 3.05) is 26.3 Å². The number of halogens is 2. The van der Waals surface area contributed by atoms with Crippen molar-refractivity contribution in [3.8, 4) is 11.5 Å². The second-order valence-corrected chi connectivity index (χ2v) is 7.38. The maximum absolute atomic E-state index is 11.3. The van der Waals surface area contributed by atoms with Gasteiger partial charge in [0.15, 0.2) is 0 Å². The van der Waals surface area contributed by atoms with Gasteiger partial charge in [0.2, 0.25) is 0 Å². The first-order valence-corrected chi connectivity index (χ1v) is 10.2. The quantitative estimate of drug-likeness (QED) is 0.247. The maximum Gasteiger partial charge on any atom is 2.00 e. The van der Waals surface area contributed by atoms with Crippen molar-refractivity contribution in [2.45, 2.75) is 12.8 Å². The first-order chi connectivity index (χ1) is 13.5. The van der Waals surface area contributed by atoms with E-state index in [0.717, 1.165) is 8.95 Å². The van der Waals surface area contributed by atoms with Crippen molar-refractivity contribution < 1.29 is 54.6 Å². The van der Waals surface area contributed by atoms with Crippen LogP contribution in [0.25, 0.3) is 0 Å². The Labute approximate surface area is 214 Å². The molecule has 0 fully saturated rings. The van der Waals surface area contributed by atoms with E-state index in [1.165, 1.54) is 24.6 Å². The third-order valence-electron chi connectivity index (χ3n) is 3.27. The summed E-state index contributed by atoms with van der Waals surface area (Å²) in [6.07, 6.45) is 4.06. The standard InChI is InChI=1S/2C10H11BrNO2.2Cu/c2*11-9-2-3-10(14)8(6-9)7-12-4-1-5-13;;/h2*2-3,6-7,14H,1,4-5H2;;/q2*-1;2*+2/p-2. The average Bonchev–Trinajstić information content (AvgIpc) is 2.68. The molecule has 2 rings (SSSR count). The van der Waals surface area contributed by atoms with Gasteiger partial charge in [0, 0.05) is 34.5 Å². The van der Waals surface area contributed by atoms with E-state index in [9.17, 15) is 20.4 Å². The maximum atomic E-state index is 11.3. The molecule has 0 aromatic heterocycles. The van der Waals surface area contributed by atoms with E-state index >= 15 is 0 Å². The van der Waals surface area contributed by atoms with Crippen LogP contribution in [0, 0.1) is 0 Å². The Morgan fingerprint density at radius 2 is 1.07 bits per heavy atom. The van der Waals surface area contributed by atoms with Gasteiger partial charge >= 0.3 is 34.1 Å². The molecule has 0 spiro atoms. The van der Waals surface area contributed by atoms with Crippen LogP contribution in [0.4, 0.5) is 0 Å². The largest absolute Gasteiger partial charge is 2.00 e. The molecule has 30 heavy (non-hydrogen) atoms. The van der Waals surface area contributed by atoms with Gasteiger partial charge in [0.1, 0.15) is 0 Å². The summed E-state index contributed by atoms with van der Waals surface area (Å²) in [5.41, 5.74) is 1.09. The van der Waals surface area contributed by atoms with Gasteiger partial charge in [-0.15, -0.1) is 13.2 Å². The van der Waals surface area contributed by atoms with Crippen LogP contribution in [0.5, 0.6) is 11.5 Å². The zero-order valence-corrected chi connectivity index (χ0v) is 20.8. The Kier molecular flexibility index (Phi) is 20.0. The Morgan fingerprint density at radius 1 is 0.700 bits per heavy atom. The predicted molar refractivity (Wildman–Crippen MR) is 111 cm³/mol. The zero-order chi connectivity index (χ0) is 20.8. The van der Waals surface area contributed by atoms with E-state index in [1.807, 2.05) is 0 Å². The molecule has 2 aromatic rings. The molecular formula is C20H20Br2Cu2N2O4. The molecule has 2 aromatic carbocycles. The van der Waals surface area contributed by atoms with Gasteiger partial charge in [0.25, 0.3) is 0 Å². The van der Waals surface area contributed by atoms with Crippen LogP contribution in [0.3, 0.4) is 0 Å². The fraction of sp³-hybridized carbons (Fsp3) is 0.300. The smallest absolute Gasteiger partial charge is 0.872 e. The van der Waals surface area contributed by atoms with Gasteiger partial charge in [-0.05, 0) is 48.2 Å². The molecule has 0 N–H and O–H groups in total. The normalized spacial score (nSPS) is 10.3. The van der Waals surface area contributed by atoms with Crippen LogP contribution in [0.2, 0.25) is 0 Å². The minimum atomic E-state index is -0.125. The topological polar surface area (TPSA) is 117 Å². The summed E-state index contributed by atoms with van der Waals surface area (Å²) in [5, 5.41) is 42.8. The van der Waals surface area contributed by atoms with E-state index in [2.05, 4.69) is 41.8 Å². The number of benzene rings is 2. The van der Waals surface area contributed by atoms with Gasteiger partial charge in [-0.2, -0.15) is 0 Å². The third-order valence-corrected chi connectivity index (χ3v) is 4.25. The van der Waals surface area contributed by atoms with Crippen molar-refractivity contribution in [3.05, 3.63) is 56.5 Å². The summed E-state index contributed by atoms with van der Waals surface area (Å²) >= 11 is 6.54. The van der Waals surface area contributed by atoms with Crippen molar-refractivity contribution in [1.29, 1.82) is 0 Å². The van der Waals surface area contributed by atoms with Gasteiger partial charge in [-0.3, -0.25) is 9.98 Å². The molecule has 170 valence electrons. The molecule has 6 nitrogen and oxygen atoms in total. The molecule has 0 saturated heterocycles. The Bertz CT molecular complexity index is 728. The SMILES string of the molecule is [Cu+2].[Cu+2].[O-]CCCN=Cc1cc(Br)ccc1[O-].[O-]CCCN=Cc1cc(Br)ccc1[O-]. The second-order valence-electron chi connectivity index (χ2n) is 5.55. The Morgan fingerprint density at radius 3 is 1.40 bits per heavy atom. The van der Waals surface area contributed by atoms with Gasteiger partial charge in [-0.1, -0.05) is 55.5 Å². The fourth-order valence-electron chi connectivity index (χ4n) is 1.88. The van der Waals surface area contributed by atoms with E-state index in [0.29, 0.717) is 37.1 Å². The van der Waals surface area contributed by atoms with Crippen LogP contribution in [-0.2, 0) is 34.1 Å². The summed E-state index contributed by atoms with van der Waals surface area (Å²) in [5.74, 6) is -0.113. The summed E-state index contributed by atoms with van der Waals surface area (Å²) < 4.78 is 1.70. The first kappa shape index (κ1) is 31.5. The van der Waals surface area contributed by atoms with Crippen LogP contribution in [-0.4, -0.2) is 38.7 Å². The minimum absolute atomic E-state index is 0. The van der Waals surface area contributed by atoms with E-state index in [1.54, 1.807) is 24.3 Å². The minimum Gasteiger partial charge on any atom is -0.872 e. The Hall–Kier alpha value is -0.701. The molecule has 0 aliphatic carbocycles. The van der Waals surface area contributed by atoms with Crippen LogP contribution in [0.1, 0.15) is 24.0 Å². The number of hydrogen-bond donors (Lipinski definition) is 0. The van der Waals surface area contributed by atoms with Crippen molar-refractivity contribution >= 4 is 44.3 Å². The van der Waals surface area contributed by atoms with Crippen molar-refractivity contribution in [3.63, 3.8) is 0 Å². The average molecular weight is 639 g/mol. The monoisotopic (exact) mass is 636 g/mol. The van der Waals surface area contributed by atoms with Crippen molar-refractivity contribution in [1.82, 2.24) is 0 Å². The molecule has 0 atom stereocenters. The number of rotatable bonds is 8. The molecule has 10 heteroatoms. The summed E-state index contributed by atoms with van der Waals surface area (Å²) in [7, 11) is 0. The first-order valence-electron chi connectivity index (χ1n) is 8.57. The van der Waals surface area contributed by atoms with Crippen LogP contribution >= 0.6 is 31.9 Å². The van der Waals surface area contributed by atoms with E-state index in [-0.39, 0.29) is 58.9 Å². The number of aliphatic imine (C=N–C) groups is 2. The number of nitrogens with zero attached hydrogens (tertiary/aromatic N) is 2. The molecule has 2 radical (unpaired) electrons. The van der Waals surface area contributed by atoms with Gasteiger partial charge in [0.05, 0.1) is 0 Å². The summed E-state index contributed by atoms with van der Waals surface area (Å²) in [6.45, 7) is 0.713. The molecule has 0 unspecified atom stereocenters. The summed E-state index contributed by atoms with van der Waals surface area (Å²) in [6, 6.07) is 9.78. The molecular weight excluding hydrogens is 619 g/mol. The molecule has 0 heterocycles. The molecule has 0 aliphatic heterocycles. The number of hydrogen-bond acceptors (Lipinski definition) is 6. The third kappa shape index (κ3) is 13.6. The van der Waals surface area contributed by atoms with Gasteiger partial charge < -0.3 is 20.4 Å².